The summed E-state index contributed by atoms with van der Waals surface area (Å²) in [6.07, 6.45) is 2.14. The summed E-state index contributed by atoms with van der Waals surface area (Å²) in [5.74, 6) is 0. The summed E-state index contributed by atoms with van der Waals surface area (Å²) < 4.78 is 7.39. The maximum absolute atomic E-state index is 5.45. The lowest BCUT2D eigenvalue weighted by Crippen LogP contribution is -2.17. The van der Waals surface area contributed by atoms with Crippen molar-refractivity contribution in [2.75, 3.05) is 19.8 Å². The van der Waals surface area contributed by atoms with Crippen molar-refractivity contribution >= 4 is 10.9 Å². The number of ether oxygens (including phenoxy) is 1. The van der Waals surface area contributed by atoms with Crippen LogP contribution in [0.2, 0.25) is 0 Å². The van der Waals surface area contributed by atoms with Gasteiger partial charge in [-0.15, -0.1) is 0 Å². The van der Waals surface area contributed by atoms with E-state index >= 15 is 0 Å². The normalized spacial score (nSPS) is 11.3. The van der Waals surface area contributed by atoms with E-state index < -0.39 is 0 Å². The van der Waals surface area contributed by atoms with Crippen LogP contribution in [0.15, 0.2) is 24.3 Å². The Hall–Kier alpha value is -1.39. The molecule has 4 heteroatoms. The second-order valence-corrected chi connectivity index (χ2v) is 4.73. The van der Waals surface area contributed by atoms with E-state index in [2.05, 4.69) is 35.5 Å². The highest BCUT2D eigenvalue weighted by molar-refractivity contribution is 5.81. The molecule has 1 aromatic carbocycles. The average molecular weight is 261 g/mol. The molecule has 1 aromatic heterocycles. The van der Waals surface area contributed by atoms with Gasteiger partial charge in [-0.2, -0.15) is 5.10 Å². The minimum Gasteiger partial charge on any atom is -0.381 e. The molecule has 4 nitrogen and oxygen atoms in total. The SMILES string of the molecule is CCCOCCCNCc1nn(C)c2ccccc12. The number of hydrogen-bond acceptors (Lipinski definition) is 3. The molecule has 0 radical (unpaired) electrons. The van der Waals surface area contributed by atoms with Gasteiger partial charge in [0.05, 0.1) is 11.2 Å². The Bertz CT molecular complexity index is 507. The fourth-order valence-electron chi connectivity index (χ4n) is 2.17. The smallest absolute Gasteiger partial charge is 0.0841 e. The zero-order valence-corrected chi connectivity index (χ0v) is 11.9. The van der Waals surface area contributed by atoms with Gasteiger partial charge in [-0.25, -0.2) is 0 Å². The van der Waals surface area contributed by atoms with Gasteiger partial charge in [-0.3, -0.25) is 4.68 Å². The predicted molar refractivity (Wildman–Crippen MR) is 78.1 cm³/mol. The van der Waals surface area contributed by atoms with Gasteiger partial charge in [0.25, 0.3) is 0 Å². The zero-order valence-electron chi connectivity index (χ0n) is 11.9. The van der Waals surface area contributed by atoms with Gasteiger partial charge in [-0.1, -0.05) is 25.1 Å². The van der Waals surface area contributed by atoms with Crippen LogP contribution in [-0.4, -0.2) is 29.5 Å². The molecule has 0 spiro atoms. The van der Waals surface area contributed by atoms with E-state index in [1.807, 2.05) is 17.8 Å². The summed E-state index contributed by atoms with van der Waals surface area (Å²) in [6, 6.07) is 8.34. The first kappa shape index (κ1) is 14.0. The van der Waals surface area contributed by atoms with E-state index in [1.54, 1.807) is 0 Å². The zero-order chi connectivity index (χ0) is 13.5. The Morgan fingerprint density at radius 1 is 1.26 bits per heavy atom. The first-order chi connectivity index (χ1) is 9.33. The number of hydrogen-bond donors (Lipinski definition) is 1. The molecular formula is C15H23N3O. The topological polar surface area (TPSA) is 39.1 Å². The molecule has 1 heterocycles. The number of para-hydroxylation sites is 1. The Kier molecular flexibility index (Phi) is 5.36. The lowest BCUT2D eigenvalue weighted by atomic mass is 10.2. The maximum Gasteiger partial charge on any atom is 0.0841 e. The summed E-state index contributed by atoms with van der Waals surface area (Å²) in [6.45, 7) is 5.61. The molecule has 0 saturated heterocycles. The number of nitrogens with one attached hydrogen (secondary N) is 1. The Morgan fingerprint density at radius 3 is 2.95 bits per heavy atom. The summed E-state index contributed by atoms with van der Waals surface area (Å²) in [5.41, 5.74) is 2.30. The van der Waals surface area contributed by atoms with Crippen molar-refractivity contribution in [1.29, 1.82) is 0 Å². The van der Waals surface area contributed by atoms with Gasteiger partial charge in [0.1, 0.15) is 0 Å². The molecule has 0 saturated carbocycles. The van der Waals surface area contributed by atoms with Crippen molar-refractivity contribution in [3.05, 3.63) is 30.0 Å². The van der Waals surface area contributed by atoms with Crippen LogP contribution < -0.4 is 5.32 Å². The van der Waals surface area contributed by atoms with Crippen LogP contribution in [0.25, 0.3) is 10.9 Å². The third kappa shape index (κ3) is 3.78. The van der Waals surface area contributed by atoms with Gasteiger partial charge in [0.2, 0.25) is 0 Å². The molecule has 0 unspecified atom stereocenters. The molecule has 19 heavy (non-hydrogen) atoms. The number of rotatable bonds is 8. The highest BCUT2D eigenvalue weighted by atomic mass is 16.5. The maximum atomic E-state index is 5.45. The largest absolute Gasteiger partial charge is 0.381 e. The summed E-state index contributed by atoms with van der Waals surface area (Å²) in [7, 11) is 1.99. The number of fused-ring (bicyclic) bond motifs is 1. The van der Waals surface area contributed by atoms with E-state index in [0.717, 1.165) is 44.8 Å². The lowest BCUT2D eigenvalue weighted by Gasteiger charge is -2.04. The van der Waals surface area contributed by atoms with Gasteiger partial charge >= 0.3 is 0 Å². The first-order valence-electron chi connectivity index (χ1n) is 7.02. The molecule has 104 valence electrons. The molecule has 1 N–H and O–H groups in total. The molecule has 0 atom stereocenters. The standard InChI is InChI=1S/C15H23N3O/c1-3-10-19-11-6-9-16-12-14-13-7-4-5-8-15(13)18(2)17-14/h4-5,7-8,16H,3,6,9-12H2,1-2H3. The van der Waals surface area contributed by atoms with Gasteiger partial charge in [0, 0.05) is 32.2 Å². The van der Waals surface area contributed by atoms with Gasteiger partial charge in [-0.05, 0) is 25.5 Å². The lowest BCUT2D eigenvalue weighted by molar-refractivity contribution is 0.132. The second kappa shape index (κ2) is 7.26. The fourth-order valence-corrected chi connectivity index (χ4v) is 2.17. The third-order valence-electron chi connectivity index (χ3n) is 3.12. The number of nitrogens with zero attached hydrogens (tertiary/aromatic N) is 2. The number of aromatic nitrogens is 2. The first-order valence-corrected chi connectivity index (χ1v) is 7.02. The highest BCUT2D eigenvalue weighted by Gasteiger charge is 2.06. The minimum atomic E-state index is 0.815. The Morgan fingerprint density at radius 2 is 2.11 bits per heavy atom. The van der Waals surface area contributed by atoms with Crippen LogP contribution >= 0.6 is 0 Å². The molecule has 0 bridgehead atoms. The molecule has 0 aliphatic carbocycles. The summed E-state index contributed by atoms with van der Waals surface area (Å²) >= 11 is 0. The molecule has 2 rings (SSSR count). The highest BCUT2D eigenvalue weighted by Crippen LogP contribution is 2.16. The predicted octanol–water partition coefficient (Wildman–Crippen LogP) is 2.48. The second-order valence-electron chi connectivity index (χ2n) is 4.73. The van der Waals surface area contributed by atoms with Crippen LogP contribution in [0, 0.1) is 0 Å². The minimum absolute atomic E-state index is 0.815. The fraction of sp³-hybridized carbons (Fsp3) is 0.533. The van der Waals surface area contributed by atoms with Crippen molar-refractivity contribution in [1.82, 2.24) is 15.1 Å². The van der Waals surface area contributed by atoms with Crippen LogP contribution in [-0.2, 0) is 18.3 Å². The van der Waals surface area contributed by atoms with E-state index in [0.29, 0.717) is 0 Å². The molecule has 0 aliphatic rings. The van der Waals surface area contributed by atoms with E-state index in [1.165, 1.54) is 10.9 Å². The molecule has 0 amide bonds. The van der Waals surface area contributed by atoms with Crippen molar-refractivity contribution in [3.63, 3.8) is 0 Å². The van der Waals surface area contributed by atoms with Crippen molar-refractivity contribution in [3.8, 4) is 0 Å². The molecule has 2 aromatic rings. The van der Waals surface area contributed by atoms with E-state index in [9.17, 15) is 0 Å². The number of aryl methyl sites for hydroxylation is 1. The Labute approximate surface area is 114 Å². The molecular weight excluding hydrogens is 238 g/mol. The van der Waals surface area contributed by atoms with Crippen molar-refractivity contribution in [2.45, 2.75) is 26.3 Å². The van der Waals surface area contributed by atoms with Crippen LogP contribution in [0.4, 0.5) is 0 Å². The molecule has 0 fully saturated rings. The van der Waals surface area contributed by atoms with Crippen LogP contribution in [0.1, 0.15) is 25.5 Å². The van der Waals surface area contributed by atoms with Gasteiger partial charge in [0.15, 0.2) is 0 Å². The summed E-state index contributed by atoms with van der Waals surface area (Å²) in [4.78, 5) is 0. The molecule has 0 aliphatic heterocycles. The van der Waals surface area contributed by atoms with Crippen LogP contribution in [0.3, 0.4) is 0 Å². The Balaban J connectivity index is 1.79. The quantitative estimate of drug-likeness (QED) is 0.742. The van der Waals surface area contributed by atoms with E-state index in [-0.39, 0.29) is 0 Å². The number of benzene rings is 1. The van der Waals surface area contributed by atoms with Crippen molar-refractivity contribution < 1.29 is 4.74 Å². The average Bonchev–Trinajstić information content (AvgIpc) is 2.75. The monoisotopic (exact) mass is 261 g/mol. The van der Waals surface area contributed by atoms with Crippen molar-refractivity contribution in [2.24, 2.45) is 7.05 Å². The van der Waals surface area contributed by atoms with Gasteiger partial charge < -0.3 is 10.1 Å². The van der Waals surface area contributed by atoms with E-state index in [4.69, 9.17) is 4.74 Å². The third-order valence-corrected chi connectivity index (χ3v) is 3.12. The van der Waals surface area contributed by atoms with Crippen LogP contribution in [0.5, 0.6) is 0 Å². The summed E-state index contributed by atoms with van der Waals surface area (Å²) in [5, 5.41) is 9.22.